The van der Waals surface area contributed by atoms with Gasteiger partial charge in [0, 0.05) is 24.3 Å². The molecule has 0 bridgehead atoms. The van der Waals surface area contributed by atoms with Crippen LogP contribution in [0.1, 0.15) is 65.7 Å². The minimum Gasteiger partial charge on any atom is -0.300 e. The van der Waals surface area contributed by atoms with Gasteiger partial charge in [-0.3, -0.25) is 14.4 Å². The van der Waals surface area contributed by atoms with Crippen LogP contribution in [0.3, 0.4) is 0 Å². The average Bonchev–Trinajstić information content (AvgIpc) is 2.87. The molecule has 0 radical (unpaired) electrons. The first-order valence-electron chi connectivity index (χ1n) is 9.56. The zero-order valence-electron chi connectivity index (χ0n) is 15.1. The van der Waals surface area contributed by atoms with Gasteiger partial charge in [-0.2, -0.15) is 0 Å². The van der Waals surface area contributed by atoms with Crippen LogP contribution in [0.25, 0.3) is 0 Å². The lowest BCUT2D eigenvalue weighted by Crippen LogP contribution is -2.53. The normalized spacial score (nSPS) is 47.5. The molecule has 0 amide bonds. The van der Waals surface area contributed by atoms with Crippen molar-refractivity contribution >= 4 is 17.3 Å². The number of carbonyl (C=O) groups is 3. The van der Waals surface area contributed by atoms with Gasteiger partial charge in [-0.15, -0.1) is 0 Å². The van der Waals surface area contributed by atoms with Crippen LogP contribution >= 0.6 is 0 Å². The molecule has 0 aliphatic heterocycles. The van der Waals surface area contributed by atoms with E-state index >= 15 is 0 Å². The molecule has 0 unspecified atom stereocenters. The zero-order valence-corrected chi connectivity index (χ0v) is 15.1. The smallest absolute Gasteiger partial charge is 0.159 e. The standard InChI is InChI=1S/C21H28O3/c1-12(22)15-4-5-16-14-11-19(24)18-10-13(23)6-8-21(18,3)17(14)7-9-20(15,16)2/h10,14-17H,4-9,11H2,1-3H3/t14-,15+,16+,17+,20+,21-/m0/s1. The highest BCUT2D eigenvalue weighted by Gasteiger charge is 2.61. The summed E-state index contributed by atoms with van der Waals surface area (Å²) in [6.45, 7) is 6.26. The number of ketones is 3. The molecule has 3 fully saturated rings. The van der Waals surface area contributed by atoms with Gasteiger partial charge in [-0.1, -0.05) is 13.8 Å². The Labute approximate surface area is 144 Å². The number of Topliss-reactive ketones (excluding diaryl/α,β-unsaturated/α-hetero) is 2. The highest BCUT2D eigenvalue weighted by atomic mass is 16.1. The van der Waals surface area contributed by atoms with Gasteiger partial charge in [-0.25, -0.2) is 0 Å². The lowest BCUT2D eigenvalue weighted by Gasteiger charge is -2.57. The summed E-state index contributed by atoms with van der Waals surface area (Å²) in [6.07, 6.45) is 7.91. The van der Waals surface area contributed by atoms with E-state index in [0.717, 1.165) is 37.7 Å². The molecule has 3 saturated carbocycles. The fourth-order valence-corrected chi connectivity index (χ4v) is 7.05. The first-order chi connectivity index (χ1) is 11.3. The molecule has 3 heteroatoms. The Morgan fingerprint density at radius 3 is 2.54 bits per heavy atom. The molecule has 0 spiro atoms. The van der Waals surface area contributed by atoms with E-state index < -0.39 is 0 Å². The summed E-state index contributed by atoms with van der Waals surface area (Å²) in [5.74, 6) is 2.21. The van der Waals surface area contributed by atoms with Gasteiger partial charge < -0.3 is 0 Å². The Balaban J connectivity index is 1.72. The van der Waals surface area contributed by atoms with Crippen molar-refractivity contribution in [2.75, 3.05) is 0 Å². The monoisotopic (exact) mass is 328 g/mol. The van der Waals surface area contributed by atoms with Gasteiger partial charge in [0.25, 0.3) is 0 Å². The molecule has 0 saturated heterocycles. The van der Waals surface area contributed by atoms with Gasteiger partial charge in [0.1, 0.15) is 5.78 Å². The first-order valence-corrected chi connectivity index (χ1v) is 9.56. The average molecular weight is 328 g/mol. The minimum absolute atomic E-state index is 0.0787. The maximum atomic E-state index is 12.9. The summed E-state index contributed by atoms with van der Waals surface area (Å²) in [4.78, 5) is 36.9. The van der Waals surface area contributed by atoms with E-state index in [1.54, 1.807) is 13.0 Å². The van der Waals surface area contributed by atoms with Crippen LogP contribution in [0.15, 0.2) is 11.6 Å². The van der Waals surface area contributed by atoms with Crippen LogP contribution in [0, 0.1) is 34.5 Å². The minimum atomic E-state index is -0.121. The highest BCUT2D eigenvalue weighted by molar-refractivity contribution is 6.05. The Bertz CT molecular complexity index is 660. The maximum absolute atomic E-state index is 12.9. The van der Waals surface area contributed by atoms with Crippen molar-refractivity contribution in [1.82, 2.24) is 0 Å². The molecule has 0 heterocycles. The molecule has 4 rings (SSSR count). The number of fused-ring (bicyclic) bond motifs is 5. The Kier molecular flexibility index (Phi) is 3.47. The first kappa shape index (κ1) is 16.2. The quantitative estimate of drug-likeness (QED) is 0.733. The summed E-state index contributed by atoms with van der Waals surface area (Å²) >= 11 is 0. The fraction of sp³-hybridized carbons (Fsp3) is 0.762. The molecular formula is C21H28O3. The molecule has 130 valence electrons. The van der Waals surface area contributed by atoms with E-state index in [-0.39, 0.29) is 28.3 Å². The molecule has 0 N–H and O–H groups in total. The highest BCUT2D eigenvalue weighted by Crippen LogP contribution is 2.66. The lowest BCUT2D eigenvalue weighted by molar-refractivity contribution is -0.134. The van der Waals surface area contributed by atoms with Crippen LogP contribution < -0.4 is 0 Å². The number of hydrogen-bond acceptors (Lipinski definition) is 3. The SMILES string of the molecule is CC(=O)[C@H]1CC[C@@H]2[C@@H]3CC(=O)C4=CC(=O)CC[C@@]4(C)[C@@H]3CC[C@]12C. The van der Waals surface area contributed by atoms with E-state index in [2.05, 4.69) is 13.8 Å². The molecule has 6 atom stereocenters. The van der Waals surface area contributed by atoms with Gasteiger partial charge in [-0.05, 0) is 73.7 Å². The lowest BCUT2D eigenvalue weighted by atomic mass is 9.46. The molecule has 0 aromatic rings. The zero-order chi connectivity index (χ0) is 17.3. The Hall–Kier alpha value is -1.25. The fourth-order valence-electron chi connectivity index (χ4n) is 7.05. The summed E-state index contributed by atoms with van der Waals surface area (Å²) in [6, 6.07) is 0. The van der Waals surface area contributed by atoms with Crippen molar-refractivity contribution < 1.29 is 14.4 Å². The van der Waals surface area contributed by atoms with Gasteiger partial charge >= 0.3 is 0 Å². The predicted molar refractivity (Wildman–Crippen MR) is 91.3 cm³/mol. The van der Waals surface area contributed by atoms with Crippen molar-refractivity contribution in [2.45, 2.75) is 65.7 Å². The maximum Gasteiger partial charge on any atom is 0.159 e. The van der Waals surface area contributed by atoms with Gasteiger partial charge in [0.2, 0.25) is 0 Å². The number of rotatable bonds is 1. The van der Waals surface area contributed by atoms with Crippen molar-refractivity contribution in [2.24, 2.45) is 34.5 Å². The Morgan fingerprint density at radius 2 is 1.83 bits per heavy atom. The van der Waals surface area contributed by atoms with Crippen LogP contribution in [0.4, 0.5) is 0 Å². The molecular weight excluding hydrogens is 300 g/mol. The topological polar surface area (TPSA) is 51.2 Å². The third-order valence-corrected chi connectivity index (χ3v) is 8.28. The van der Waals surface area contributed by atoms with Crippen molar-refractivity contribution in [1.29, 1.82) is 0 Å². The van der Waals surface area contributed by atoms with E-state index in [0.29, 0.717) is 36.4 Å². The van der Waals surface area contributed by atoms with E-state index in [1.807, 2.05) is 0 Å². The molecule has 4 aliphatic rings. The van der Waals surface area contributed by atoms with Gasteiger partial charge in [0.05, 0.1) is 0 Å². The second-order valence-corrected chi connectivity index (χ2v) is 9.23. The molecule has 24 heavy (non-hydrogen) atoms. The second-order valence-electron chi connectivity index (χ2n) is 9.23. The second kappa shape index (κ2) is 5.12. The third-order valence-electron chi connectivity index (χ3n) is 8.28. The molecule has 0 aromatic carbocycles. The van der Waals surface area contributed by atoms with Crippen molar-refractivity contribution in [3.8, 4) is 0 Å². The summed E-state index contributed by atoms with van der Waals surface area (Å²) < 4.78 is 0. The van der Waals surface area contributed by atoms with Crippen LogP contribution in [0.5, 0.6) is 0 Å². The molecule has 0 aromatic heterocycles. The van der Waals surface area contributed by atoms with Crippen LogP contribution in [-0.2, 0) is 14.4 Å². The van der Waals surface area contributed by atoms with Crippen LogP contribution in [0.2, 0.25) is 0 Å². The summed E-state index contributed by atoms with van der Waals surface area (Å²) in [5, 5.41) is 0. The summed E-state index contributed by atoms with van der Waals surface area (Å²) in [5.41, 5.74) is 0.767. The predicted octanol–water partition coefficient (Wildman–Crippen LogP) is 3.90. The Morgan fingerprint density at radius 1 is 1.08 bits per heavy atom. The number of carbonyl (C=O) groups excluding carboxylic acids is 3. The number of allylic oxidation sites excluding steroid dienone is 1. The third kappa shape index (κ3) is 1.99. The van der Waals surface area contributed by atoms with Crippen molar-refractivity contribution in [3.05, 3.63) is 11.6 Å². The van der Waals surface area contributed by atoms with E-state index in [9.17, 15) is 14.4 Å². The largest absolute Gasteiger partial charge is 0.300 e. The van der Waals surface area contributed by atoms with E-state index in [1.165, 1.54) is 0 Å². The summed E-state index contributed by atoms with van der Waals surface area (Å²) in [7, 11) is 0. The molecule has 4 aliphatic carbocycles. The van der Waals surface area contributed by atoms with Crippen LogP contribution in [-0.4, -0.2) is 17.3 Å². The van der Waals surface area contributed by atoms with Crippen molar-refractivity contribution in [3.63, 3.8) is 0 Å². The van der Waals surface area contributed by atoms with Gasteiger partial charge in [0.15, 0.2) is 11.6 Å². The molecule has 3 nitrogen and oxygen atoms in total. The van der Waals surface area contributed by atoms with E-state index in [4.69, 9.17) is 0 Å². The number of hydrogen-bond donors (Lipinski definition) is 0.